The van der Waals surface area contributed by atoms with Gasteiger partial charge in [-0.25, -0.2) is 12.8 Å². The van der Waals surface area contributed by atoms with Gasteiger partial charge in [0.15, 0.2) is 0 Å². The minimum atomic E-state index is -3.65. The molecule has 30 heavy (non-hydrogen) atoms. The number of amides is 1. The van der Waals surface area contributed by atoms with Crippen LogP contribution in [0.5, 0.6) is 0 Å². The van der Waals surface area contributed by atoms with Crippen LogP contribution >= 0.6 is 0 Å². The van der Waals surface area contributed by atoms with Crippen molar-refractivity contribution in [3.63, 3.8) is 0 Å². The summed E-state index contributed by atoms with van der Waals surface area (Å²) in [5.41, 5.74) is 1.03. The van der Waals surface area contributed by atoms with Crippen molar-refractivity contribution >= 4 is 21.6 Å². The van der Waals surface area contributed by atoms with Crippen LogP contribution in [-0.2, 0) is 23.0 Å². The highest BCUT2D eigenvalue weighted by Crippen LogP contribution is 2.22. The zero-order chi connectivity index (χ0) is 21.6. The molecule has 0 saturated heterocycles. The summed E-state index contributed by atoms with van der Waals surface area (Å²) in [6.45, 7) is 0.355. The number of halogens is 1. The molecule has 0 atom stereocenters. The van der Waals surface area contributed by atoms with Gasteiger partial charge >= 0.3 is 0 Å². The lowest BCUT2D eigenvalue weighted by Crippen LogP contribution is -2.30. The van der Waals surface area contributed by atoms with E-state index in [9.17, 15) is 17.6 Å². The molecule has 0 fully saturated rings. The number of benzene rings is 2. The van der Waals surface area contributed by atoms with Gasteiger partial charge in [0.1, 0.15) is 11.6 Å². The predicted octanol–water partition coefficient (Wildman–Crippen LogP) is 3.75. The van der Waals surface area contributed by atoms with E-state index in [-0.39, 0.29) is 18.0 Å². The summed E-state index contributed by atoms with van der Waals surface area (Å²) in [5.74, 6) is 0.141. The number of carbonyl (C=O) groups is 1. The number of carbonyl (C=O) groups excluding carboxylic acids is 1. The lowest BCUT2D eigenvalue weighted by Gasteiger charge is -2.23. The Labute approximate surface area is 175 Å². The highest BCUT2D eigenvalue weighted by Gasteiger charge is 2.19. The van der Waals surface area contributed by atoms with Crippen molar-refractivity contribution < 1.29 is 22.0 Å². The quantitative estimate of drug-likeness (QED) is 0.525. The van der Waals surface area contributed by atoms with Gasteiger partial charge in [-0.1, -0.05) is 18.2 Å². The molecule has 0 aliphatic heterocycles. The largest absolute Gasteiger partial charge is 0.469 e. The summed E-state index contributed by atoms with van der Waals surface area (Å²) >= 11 is 0. The molecule has 158 valence electrons. The highest BCUT2D eigenvalue weighted by molar-refractivity contribution is 7.92. The minimum absolute atomic E-state index is 0.135. The number of nitrogens with zero attached hydrogens (tertiary/aromatic N) is 1. The summed E-state index contributed by atoms with van der Waals surface area (Å²) in [5, 5.41) is 2.83. The summed E-state index contributed by atoms with van der Waals surface area (Å²) in [4.78, 5) is 12.3. The Balaban J connectivity index is 1.64. The van der Waals surface area contributed by atoms with Crippen molar-refractivity contribution in [2.24, 2.45) is 0 Å². The van der Waals surface area contributed by atoms with Gasteiger partial charge in [0.2, 0.25) is 10.0 Å². The van der Waals surface area contributed by atoms with Crippen molar-refractivity contribution in [2.75, 3.05) is 17.1 Å². The third kappa shape index (κ3) is 5.70. The molecule has 6 nitrogen and oxygen atoms in total. The molecule has 1 heterocycles. The standard InChI is InChI=1S/C22H23FN2O4S/c1-30(27,28)25(16-18-6-2-3-9-21(18)23)19-12-10-17(11-13-19)22(26)24-14-4-7-20-8-5-15-29-20/h2-3,5-6,8-13,15H,4,7,14,16H2,1H3,(H,24,26). The molecule has 1 N–H and O–H groups in total. The topological polar surface area (TPSA) is 79.6 Å². The Hall–Kier alpha value is -3.13. The molecule has 0 aliphatic carbocycles. The average Bonchev–Trinajstić information content (AvgIpc) is 3.23. The number of hydrogen-bond acceptors (Lipinski definition) is 4. The average molecular weight is 431 g/mol. The molecular weight excluding hydrogens is 407 g/mol. The number of aryl methyl sites for hydroxylation is 1. The van der Waals surface area contributed by atoms with Crippen molar-refractivity contribution in [1.29, 1.82) is 0 Å². The number of anilines is 1. The maximum Gasteiger partial charge on any atom is 0.251 e. The summed E-state index contributed by atoms with van der Waals surface area (Å²) in [6, 6.07) is 15.9. The molecule has 2 aromatic carbocycles. The lowest BCUT2D eigenvalue weighted by molar-refractivity contribution is 0.0953. The fraction of sp³-hybridized carbons (Fsp3) is 0.227. The predicted molar refractivity (Wildman–Crippen MR) is 113 cm³/mol. The van der Waals surface area contributed by atoms with E-state index in [0.29, 0.717) is 17.8 Å². The molecule has 0 aliphatic rings. The molecule has 0 spiro atoms. The Bertz CT molecular complexity index is 1080. The fourth-order valence-electron chi connectivity index (χ4n) is 2.98. The summed E-state index contributed by atoms with van der Waals surface area (Å²) in [7, 11) is -3.65. The lowest BCUT2D eigenvalue weighted by atomic mass is 10.1. The first-order chi connectivity index (χ1) is 14.3. The number of sulfonamides is 1. The molecule has 8 heteroatoms. The molecule has 0 radical (unpaired) electrons. The van der Waals surface area contributed by atoms with Crippen LogP contribution in [0.4, 0.5) is 10.1 Å². The van der Waals surface area contributed by atoms with Gasteiger partial charge in [-0.2, -0.15) is 0 Å². The molecule has 1 aromatic heterocycles. The van der Waals surface area contributed by atoms with Crippen molar-refractivity contribution in [3.05, 3.63) is 89.6 Å². The zero-order valence-electron chi connectivity index (χ0n) is 16.5. The van der Waals surface area contributed by atoms with Gasteiger partial charge in [-0.3, -0.25) is 9.10 Å². The van der Waals surface area contributed by atoms with Gasteiger partial charge < -0.3 is 9.73 Å². The number of rotatable bonds is 9. The van der Waals surface area contributed by atoms with E-state index in [1.807, 2.05) is 12.1 Å². The van der Waals surface area contributed by atoms with Crippen LogP contribution in [-0.4, -0.2) is 27.1 Å². The van der Waals surface area contributed by atoms with E-state index in [4.69, 9.17) is 4.42 Å². The maximum absolute atomic E-state index is 14.0. The van der Waals surface area contributed by atoms with Crippen LogP contribution in [0, 0.1) is 5.82 Å². The smallest absolute Gasteiger partial charge is 0.251 e. The molecule has 3 aromatic rings. The molecule has 0 unspecified atom stereocenters. The second-order valence-electron chi connectivity index (χ2n) is 6.85. The number of nitrogens with one attached hydrogen (secondary N) is 1. The zero-order valence-corrected chi connectivity index (χ0v) is 17.4. The second kappa shape index (κ2) is 9.58. The van der Waals surface area contributed by atoms with Crippen molar-refractivity contribution in [3.8, 4) is 0 Å². The monoisotopic (exact) mass is 430 g/mol. The minimum Gasteiger partial charge on any atom is -0.469 e. The Kier molecular flexibility index (Phi) is 6.89. The first-order valence-electron chi connectivity index (χ1n) is 9.46. The van der Waals surface area contributed by atoms with Crippen LogP contribution in [0.3, 0.4) is 0 Å². The number of furan rings is 1. The van der Waals surface area contributed by atoms with E-state index in [1.165, 1.54) is 12.1 Å². The van der Waals surface area contributed by atoms with Gasteiger partial charge in [0.05, 0.1) is 24.8 Å². The Morgan fingerprint density at radius 1 is 1.07 bits per heavy atom. The summed E-state index contributed by atoms with van der Waals surface area (Å²) in [6.07, 6.45) is 4.14. The third-order valence-corrected chi connectivity index (χ3v) is 5.70. The SMILES string of the molecule is CS(=O)(=O)N(Cc1ccccc1F)c1ccc(C(=O)NCCCc2ccco2)cc1. The van der Waals surface area contributed by atoms with E-state index >= 15 is 0 Å². The van der Waals surface area contributed by atoms with E-state index < -0.39 is 15.8 Å². The normalized spacial score (nSPS) is 11.3. The maximum atomic E-state index is 14.0. The Morgan fingerprint density at radius 3 is 2.43 bits per heavy atom. The number of hydrogen-bond donors (Lipinski definition) is 1. The van der Waals surface area contributed by atoms with Crippen LogP contribution in [0.1, 0.15) is 28.1 Å². The van der Waals surface area contributed by atoms with Crippen molar-refractivity contribution in [2.45, 2.75) is 19.4 Å². The van der Waals surface area contributed by atoms with Gasteiger partial charge in [0, 0.05) is 24.1 Å². The van der Waals surface area contributed by atoms with Gasteiger partial charge in [-0.15, -0.1) is 0 Å². The van der Waals surface area contributed by atoms with Crippen molar-refractivity contribution in [1.82, 2.24) is 5.32 Å². The van der Waals surface area contributed by atoms with Gasteiger partial charge in [-0.05, 0) is 48.9 Å². The summed E-state index contributed by atoms with van der Waals surface area (Å²) < 4.78 is 44.8. The molecule has 0 bridgehead atoms. The van der Waals surface area contributed by atoms with Crippen LogP contribution in [0.2, 0.25) is 0 Å². The fourth-order valence-corrected chi connectivity index (χ4v) is 3.86. The van der Waals surface area contributed by atoms with Crippen LogP contribution in [0.25, 0.3) is 0 Å². The van der Waals surface area contributed by atoms with Crippen LogP contribution < -0.4 is 9.62 Å². The van der Waals surface area contributed by atoms with E-state index in [1.54, 1.807) is 42.7 Å². The van der Waals surface area contributed by atoms with Crippen LogP contribution in [0.15, 0.2) is 71.3 Å². The van der Waals surface area contributed by atoms with E-state index in [2.05, 4.69) is 5.32 Å². The third-order valence-electron chi connectivity index (χ3n) is 4.56. The molecular formula is C22H23FN2O4S. The molecule has 0 saturated carbocycles. The van der Waals surface area contributed by atoms with E-state index in [0.717, 1.165) is 29.2 Å². The first kappa shape index (κ1) is 21.6. The molecule has 1 amide bonds. The van der Waals surface area contributed by atoms with Gasteiger partial charge in [0.25, 0.3) is 5.91 Å². The first-order valence-corrected chi connectivity index (χ1v) is 11.3. The molecule has 3 rings (SSSR count). The highest BCUT2D eigenvalue weighted by atomic mass is 32.2. The second-order valence-corrected chi connectivity index (χ2v) is 8.75. The Morgan fingerprint density at radius 2 is 1.80 bits per heavy atom.